The monoisotopic (exact) mass is 321 g/mol. The Morgan fingerprint density at radius 1 is 1.33 bits per heavy atom. The lowest BCUT2D eigenvalue weighted by molar-refractivity contribution is 0.0833. The zero-order valence-corrected chi connectivity index (χ0v) is 14.0. The van der Waals surface area contributed by atoms with Crippen LogP contribution in [0, 0.1) is 0 Å². The summed E-state index contributed by atoms with van der Waals surface area (Å²) in [4.78, 5) is 15.2. The Labute approximate surface area is 133 Å². The molecular weight excluding hydrogens is 302 g/mol. The van der Waals surface area contributed by atoms with Crippen LogP contribution in [0.2, 0.25) is 0 Å². The average molecular weight is 321 g/mol. The molecule has 4 nitrogen and oxygen atoms in total. The summed E-state index contributed by atoms with van der Waals surface area (Å²) in [7, 11) is 3.47. The highest BCUT2D eigenvalue weighted by Crippen LogP contribution is 2.42. The fraction of sp³-hybridized carbons (Fsp3) is 0.267. The van der Waals surface area contributed by atoms with E-state index in [4.69, 9.17) is 5.73 Å². The quantitative estimate of drug-likeness (QED) is 0.829. The van der Waals surface area contributed by atoms with Gasteiger partial charge < -0.3 is 16.0 Å². The first-order valence-electron chi connectivity index (χ1n) is 6.50. The van der Waals surface area contributed by atoms with Crippen LogP contribution in [0.4, 0.5) is 10.7 Å². The molecule has 112 valence electrons. The number of nitrogens with two attached hydrogens (primary N) is 1. The third-order valence-corrected chi connectivity index (χ3v) is 5.11. The Balaban J connectivity index is 2.23. The van der Waals surface area contributed by atoms with Crippen LogP contribution in [0.15, 0.2) is 35.2 Å². The molecule has 0 atom stereocenters. The summed E-state index contributed by atoms with van der Waals surface area (Å²) in [6.45, 7) is 0.712. The van der Waals surface area contributed by atoms with Crippen molar-refractivity contribution in [3.8, 4) is 0 Å². The molecule has 0 bridgehead atoms. The Morgan fingerprint density at radius 3 is 2.57 bits per heavy atom. The van der Waals surface area contributed by atoms with Crippen LogP contribution in [-0.2, 0) is 6.54 Å². The fourth-order valence-electron chi connectivity index (χ4n) is 1.89. The summed E-state index contributed by atoms with van der Waals surface area (Å²) in [6, 6.07) is 10.1. The molecule has 2 aromatic rings. The van der Waals surface area contributed by atoms with Gasteiger partial charge in [-0.25, -0.2) is 0 Å². The van der Waals surface area contributed by atoms with E-state index in [1.807, 2.05) is 24.5 Å². The summed E-state index contributed by atoms with van der Waals surface area (Å²) in [5.74, 6) is -0.0550. The Bertz CT molecular complexity index is 623. The standard InChI is InChI=1S/C15H19N3OS2/c1-18(2)15(19)13-11(16)12(20-3)14(21-13)17-9-10-7-5-4-6-8-10/h4-8,17H,9,16H2,1-3H3. The van der Waals surface area contributed by atoms with Gasteiger partial charge in [0.05, 0.1) is 10.6 Å². The predicted octanol–water partition coefficient (Wildman–Crippen LogP) is 3.37. The largest absolute Gasteiger partial charge is 0.396 e. The lowest BCUT2D eigenvalue weighted by Crippen LogP contribution is -2.21. The zero-order valence-electron chi connectivity index (χ0n) is 12.3. The van der Waals surface area contributed by atoms with E-state index in [9.17, 15) is 4.79 Å². The second-order valence-corrected chi connectivity index (χ2v) is 6.58. The second kappa shape index (κ2) is 6.87. The lowest BCUT2D eigenvalue weighted by Gasteiger charge is -2.08. The summed E-state index contributed by atoms with van der Waals surface area (Å²) in [5.41, 5.74) is 7.89. The van der Waals surface area contributed by atoms with Crippen molar-refractivity contribution in [2.45, 2.75) is 11.4 Å². The highest BCUT2D eigenvalue weighted by atomic mass is 32.2. The van der Waals surface area contributed by atoms with Crippen molar-refractivity contribution in [2.24, 2.45) is 0 Å². The van der Waals surface area contributed by atoms with Crippen LogP contribution in [0.5, 0.6) is 0 Å². The van der Waals surface area contributed by atoms with Gasteiger partial charge in [-0.2, -0.15) is 0 Å². The average Bonchev–Trinajstić information content (AvgIpc) is 2.81. The van der Waals surface area contributed by atoms with E-state index in [1.165, 1.54) is 16.9 Å². The van der Waals surface area contributed by atoms with Gasteiger partial charge in [-0.1, -0.05) is 30.3 Å². The van der Waals surface area contributed by atoms with E-state index in [1.54, 1.807) is 30.8 Å². The number of nitrogens with zero attached hydrogens (tertiary/aromatic N) is 1. The number of carbonyl (C=O) groups excluding carboxylic acids is 1. The SMILES string of the molecule is CSc1c(NCc2ccccc2)sc(C(=O)N(C)C)c1N. The summed E-state index contributed by atoms with van der Waals surface area (Å²) >= 11 is 2.98. The van der Waals surface area contributed by atoms with Crippen molar-refractivity contribution >= 4 is 39.7 Å². The molecule has 6 heteroatoms. The third-order valence-electron chi connectivity index (χ3n) is 3.00. The minimum absolute atomic E-state index is 0.0550. The van der Waals surface area contributed by atoms with Gasteiger partial charge in [-0.3, -0.25) is 4.79 Å². The molecule has 1 heterocycles. The number of nitrogens with one attached hydrogen (secondary N) is 1. The fourth-order valence-corrected chi connectivity index (χ4v) is 3.94. The molecule has 0 aliphatic carbocycles. The van der Waals surface area contributed by atoms with Crippen molar-refractivity contribution in [3.63, 3.8) is 0 Å². The molecule has 3 N–H and O–H groups in total. The number of anilines is 2. The Hall–Kier alpha value is -1.66. The maximum absolute atomic E-state index is 12.1. The number of nitrogen functional groups attached to an aromatic ring is 1. The normalized spacial score (nSPS) is 10.4. The molecule has 0 aliphatic rings. The Kier molecular flexibility index (Phi) is 5.14. The lowest BCUT2D eigenvalue weighted by atomic mass is 10.2. The molecule has 1 aromatic carbocycles. The minimum Gasteiger partial charge on any atom is -0.396 e. The number of benzene rings is 1. The van der Waals surface area contributed by atoms with Crippen LogP contribution in [0.25, 0.3) is 0 Å². The van der Waals surface area contributed by atoms with E-state index in [0.717, 1.165) is 9.90 Å². The van der Waals surface area contributed by atoms with Crippen LogP contribution < -0.4 is 11.1 Å². The van der Waals surface area contributed by atoms with Gasteiger partial charge in [0.1, 0.15) is 9.88 Å². The molecule has 1 amide bonds. The van der Waals surface area contributed by atoms with E-state index in [-0.39, 0.29) is 5.91 Å². The molecule has 0 unspecified atom stereocenters. The maximum atomic E-state index is 12.1. The van der Waals surface area contributed by atoms with Crippen molar-refractivity contribution in [2.75, 3.05) is 31.4 Å². The van der Waals surface area contributed by atoms with Crippen molar-refractivity contribution in [1.82, 2.24) is 4.90 Å². The van der Waals surface area contributed by atoms with E-state index >= 15 is 0 Å². The number of hydrogen-bond acceptors (Lipinski definition) is 5. The van der Waals surface area contributed by atoms with Crippen LogP contribution in [0.3, 0.4) is 0 Å². The molecule has 2 rings (SSSR count). The Morgan fingerprint density at radius 2 is 2.00 bits per heavy atom. The zero-order chi connectivity index (χ0) is 15.4. The van der Waals surface area contributed by atoms with Gasteiger partial charge in [0.25, 0.3) is 5.91 Å². The summed E-state index contributed by atoms with van der Waals surface area (Å²) in [5, 5.41) is 4.34. The maximum Gasteiger partial charge on any atom is 0.265 e. The number of amides is 1. The van der Waals surface area contributed by atoms with Crippen LogP contribution >= 0.6 is 23.1 Å². The minimum atomic E-state index is -0.0550. The van der Waals surface area contributed by atoms with Crippen molar-refractivity contribution in [1.29, 1.82) is 0 Å². The third kappa shape index (κ3) is 3.51. The number of carbonyl (C=O) groups is 1. The number of hydrogen-bond donors (Lipinski definition) is 2. The number of rotatable bonds is 5. The molecule has 0 radical (unpaired) electrons. The molecule has 21 heavy (non-hydrogen) atoms. The van der Waals surface area contributed by atoms with Crippen LogP contribution in [0.1, 0.15) is 15.2 Å². The van der Waals surface area contributed by atoms with Crippen molar-refractivity contribution < 1.29 is 4.79 Å². The van der Waals surface area contributed by atoms with Crippen LogP contribution in [-0.4, -0.2) is 31.2 Å². The van der Waals surface area contributed by atoms with E-state index in [2.05, 4.69) is 17.4 Å². The summed E-state index contributed by atoms with van der Waals surface area (Å²) in [6.07, 6.45) is 1.97. The first-order chi connectivity index (χ1) is 10.0. The highest BCUT2D eigenvalue weighted by molar-refractivity contribution is 7.99. The highest BCUT2D eigenvalue weighted by Gasteiger charge is 2.21. The molecule has 0 saturated carbocycles. The molecule has 0 aliphatic heterocycles. The van der Waals surface area contributed by atoms with E-state index in [0.29, 0.717) is 17.1 Å². The first-order valence-corrected chi connectivity index (χ1v) is 8.54. The molecular formula is C15H19N3OS2. The molecule has 0 spiro atoms. The van der Waals surface area contributed by atoms with Crippen molar-refractivity contribution in [3.05, 3.63) is 40.8 Å². The predicted molar refractivity (Wildman–Crippen MR) is 92.3 cm³/mol. The van der Waals surface area contributed by atoms with Gasteiger partial charge in [0.2, 0.25) is 0 Å². The molecule has 1 aromatic heterocycles. The number of thioether (sulfide) groups is 1. The molecule has 0 fully saturated rings. The van der Waals surface area contributed by atoms with Gasteiger partial charge in [-0.15, -0.1) is 23.1 Å². The van der Waals surface area contributed by atoms with E-state index < -0.39 is 0 Å². The first kappa shape index (κ1) is 15.7. The second-order valence-electron chi connectivity index (χ2n) is 4.75. The topological polar surface area (TPSA) is 58.4 Å². The van der Waals surface area contributed by atoms with Gasteiger partial charge in [0, 0.05) is 20.6 Å². The van der Waals surface area contributed by atoms with Gasteiger partial charge >= 0.3 is 0 Å². The van der Waals surface area contributed by atoms with Gasteiger partial charge in [0.15, 0.2) is 0 Å². The smallest absolute Gasteiger partial charge is 0.265 e. The summed E-state index contributed by atoms with van der Waals surface area (Å²) < 4.78 is 0. The number of thiophene rings is 1. The van der Waals surface area contributed by atoms with Gasteiger partial charge in [-0.05, 0) is 11.8 Å². The molecule has 0 saturated heterocycles.